The van der Waals surface area contributed by atoms with Crippen molar-refractivity contribution in [1.29, 1.82) is 0 Å². The lowest BCUT2D eigenvalue weighted by Gasteiger charge is -2.31. The number of hydrogen-bond acceptors (Lipinski definition) is 4. The molecule has 0 radical (unpaired) electrons. The lowest BCUT2D eigenvalue weighted by Crippen LogP contribution is -2.29. The molecule has 1 aliphatic heterocycles. The van der Waals surface area contributed by atoms with Crippen LogP contribution in [0, 0.1) is 24.7 Å². The standard InChI is InChI=1S/C21H31ClN2O2/c1-3-4-16-9-10-26-13-17(16)12-18(25)7-5-15-6-8-20-19(11-15)14(2)23-21(22)24-20/h15-17H,3-13H2,1-2H3. The lowest BCUT2D eigenvalue weighted by molar-refractivity contribution is -0.122. The summed E-state index contributed by atoms with van der Waals surface area (Å²) >= 11 is 5.97. The average molecular weight is 379 g/mol. The Bertz CT molecular complexity index is 633. The van der Waals surface area contributed by atoms with Gasteiger partial charge in [-0.2, -0.15) is 0 Å². The molecule has 3 atom stereocenters. The second-order valence-corrected chi connectivity index (χ2v) is 8.40. The highest BCUT2D eigenvalue weighted by Crippen LogP contribution is 2.32. The van der Waals surface area contributed by atoms with Gasteiger partial charge in [0.2, 0.25) is 5.28 Å². The number of aryl methyl sites for hydroxylation is 2. The van der Waals surface area contributed by atoms with E-state index in [9.17, 15) is 4.79 Å². The van der Waals surface area contributed by atoms with Crippen LogP contribution in [-0.2, 0) is 22.4 Å². The van der Waals surface area contributed by atoms with E-state index in [-0.39, 0.29) is 0 Å². The largest absolute Gasteiger partial charge is 0.381 e. The van der Waals surface area contributed by atoms with Crippen molar-refractivity contribution in [2.24, 2.45) is 17.8 Å². The molecule has 0 spiro atoms. The predicted octanol–water partition coefficient (Wildman–Crippen LogP) is 4.74. The summed E-state index contributed by atoms with van der Waals surface area (Å²) in [4.78, 5) is 21.2. The highest BCUT2D eigenvalue weighted by atomic mass is 35.5. The van der Waals surface area contributed by atoms with Crippen molar-refractivity contribution >= 4 is 17.4 Å². The van der Waals surface area contributed by atoms with Crippen LogP contribution in [0.5, 0.6) is 0 Å². The summed E-state index contributed by atoms with van der Waals surface area (Å²) in [5.41, 5.74) is 3.35. The number of rotatable bonds is 7. The van der Waals surface area contributed by atoms with Crippen LogP contribution in [0.1, 0.15) is 68.8 Å². The Kier molecular flexibility index (Phi) is 7.05. The Morgan fingerprint density at radius 1 is 1.23 bits per heavy atom. The molecular weight excluding hydrogens is 348 g/mol. The van der Waals surface area contributed by atoms with Crippen molar-refractivity contribution in [1.82, 2.24) is 9.97 Å². The van der Waals surface area contributed by atoms with E-state index in [1.165, 1.54) is 18.4 Å². The maximum absolute atomic E-state index is 12.6. The number of carbonyl (C=O) groups is 1. The zero-order chi connectivity index (χ0) is 18.5. The van der Waals surface area contributed by atoms with Crippen molar-refractivity contribution in [3.05, 3.63) is 22.2 Å². The van der Waals surface area contributed by atoms with Crippen molar-refractivity contribution in [2.45, 2.75) is 71.6 Å². The summed E-state index contributed by atoms with van der Waals surface area (Å²) in [6.07, 6.45) is 8.94. The van der Waals surface area contributed by atoms with Crippen LogP contribution in [0.25, 0.3) is 0 Å². The molecule has 1 aliphatic carbocycles. The molecule has 3 unspecified atom stereocenters. The van der Waals surface area contributed by atoms with Gasteiger partial charge in [0.15, 0.2) is 0 Å². The molecular formula is C21H31ClN2O2. The number of hydrogen-bond donors (Lipinski definition) is 0. The third-order valence-corrected chi connectivity index (χ3v) is 6.34. The van der Waals surface area contributed by atoms with Gasteiger partial charge in [0.05, 0.1) is 6.61 Å². The first-order valence-corrected chi connectivity index (χ1v) is 10.6. The van der Waals surface area contributed by atoms with Gasteiger partial charge in [0.25, 0.3) is 0 Å². The van der Waals surface area contributed by atoms with Gasteiger partial charge in [-0.3, -0.25) is 4.79 Å². The fourth-order valence-corrected chi connectivity index (χ4v) is 4.87. The molecule has 1 aromatic rings. The second kappa shape index (κ2) is 9.27. The fraction of sp³-hybridized carbons (Fsp3) is 0.762. The number of halogens is 1. The van der Waals surface area contributed by atoms with Gasteiger partial charge in [-0.05, 0) is 73.9 Å². The quantitative estimate of drug-likeness (QED) is 0.643. The van der Waals surface area contributed by atoms with Crippen LogP contribution >= 0.6 is 11.6 Å². The Labute approximate surface area is 162 Å². The van der Waals surface area contributed by atoms with Crippen LogP contribution in [0.2, 0.25) is 5.28 Å². The van der Waals surface area contributed by atoms with E-state index < -0.39 is 0 Å². The monoisotopic (exact) mass is 378 g/mol. The van der Waals surface area contributed by atoms with Crippen LogP contribution < -0.4 is 0 Å². The molecule has 0 aromatic carbocycles. The highest BCUT2D eigenvalue weighted by Gasteiger charge is 2.28. The summed E-state index contributed by atoms with van der Waals surface area (Å²) in [5, 5.41) is 0.353. The number of nitrogens with zero attached hydrogens (tertiary/aromatic N) is 2. The zero-order valence-corrected chi connectivity index (χ0v) is 16.9. The van der Waals surface area contributed by atoms with Gasteiger partial charge >= 0.3 is 0 Å². The first-order chi connectivity index (χ1) is 12.6. The normalized spacial score (nSPS) is 25.7. The van der Waals surface area contributed by atoms with E-state index >= 15 is 0 Å². The summed E-state index contributed by atoms with van der Waals surface area (Å²) in [6, 6.07) is 0. The summed E-state index contributed by atoms with van der Waals surface area (Å²) in [7, 11) is 0. The Morgan fingerprint density at radius 3 is 2.88 bits per heavy atom. The average Bonchev–Trinajstić information content (AvgIpc) is 2.62. The molecule has 26 heavy (non-hydrogen) atoms. The molecule has 1 saturated heterocycles. The van der Waals surface area contributed by atoms with Crippen LogP contribution in [0.15, 0.2) is 0 Å². The van der Waals surface area contributed by atoms with Crippen LogP contribution in [0.3, 0.4) is 0 Å². The van der Waals surface area contributed by atoms with Crippen molar-refractivity contribution < 1.29 is 9.53 Å². The van der Waals surface area contributed by atoms with Crippen molar-refractivity contribution in [3.63, 3.8) is 0 Å². The SMILES string of the molecule is CCCC1CCOCC1CC(=O)CCC1CCc2nc(Cl)nc(C)c2C1. The minimum absolute atomic E-state index is 0.353. The van der Waals surface area contributed by atoms with E-state index in [1.807, 2.05) is 6.92 Å². The number of aromatic nitrogens is 2. The third-order valence-electron chi connectivity index (χ3n) is 6.17. The zero-order valence-electron chi connectivity index (χ0n) is 16.1. The molecule has 4 nitrogen and oxygen atoms in total. The van der Waals surface area contributed by atoms with Crippen molar-refractivity contribution in [2.75, 3.05) is 13.2 Å². The van der Waals surface area contributed by atoms with Gasteiger partial charge in [-0.1, -0.05) is 19.8 Å². The summed E-state index contributed by atoms with van der Waals surface area (Å²) in [5.74, 6) is 2.07. The summed E-state index contributed by atoms with van der Waals surface area (Å²) < 4.78 is 5.64. The molecule has 0 N–H and O–H groups in total. The first kappa shape index (κ1) is 19.8. The number of fused-ring (bicyclic) bond motifs is 1. The highest BCUT2D eigenvalue weighted by molar-refractivity contribution is 6.28. The maximum atomic E-state index is 12.6. The molecule has 5 heteroatoms. The molecule has 2 aliphatic rings. The topological polar surface area (TPSA) is 52.1 Å². The number of ether oxygens (including phenoxy) is 1. The Morgan fingerprint density at radius 2 is 2.08 bits per heavy atom. The minimum atomic E-state index is 0.353. The van der Waals surface area contributed by atoms with Gasteiger partial charge in [0, 0.05) is 30.8 Å². The van der Waals surface area contributed by atoms with Gasteiger partial charge in [-0.25, -0.2) is 9.97 Å². The third kappa shape index (κ3) is 5.04. The van der Waals surface area contributed by atoms with Gasteiger partial charge in [-0.15, -0.1) is 0 Å². The molecule has 2 heterocycles. The maximum Gasteiger partial charge on any atom is 0.222 e. The Balaban J connectivity index is 1.49. The van der Waals surface area contributed by atoms with Crippen molar-refractivity contribution in [3.8, 4) is 0 Å². The minimum Gasteiger partial charge on any atom is -0.381 e. The van der Waals surface area contributed by atoms with Crippen LogP contribution in [-0.4, -0.2) is 29.0 Å². The summed E-state index contributed by atoms with van der Waals surface area (Å²) in [6.45, 7) is 5.87. The number of Topliss-reactive ketones (excluding diaryl/α,β-unsaturated/α-hetero) is 1. The second-order valence-electron chi connectivity index (χ2n) is 8.07. The van der Waals surface area contributed by atoms with E-state index in [1.54, 1.807) is 0 Å². The first-order valence-electron chi connectivity index (χ1n) is 10.2. The Hall–Kier alpha value is -1.00. The van der Waals surface area contributed by atoms with Gasteiger partial charge in [0.1, 0.15) is 5.78 Å². The number of carbonyl (C=O) groups excluding carboxylic acids is 1. The molecule has 1 fully saturated rings. The van der Waals surface area contributed by atoms with Gasteiger partial charge < -0.3 is 4.74 Å². The fourth-order valence-electron chi connectivity index (χ4n) is 4.65. The van der Waals surface area contributed by atoms with E-state index in [4.69, 9.17) is 16.3 Å². The lowest BCUT2D eigenvalue weighted by atomic mass is 9.80. The smallest absolute Gasteiger partial charge is 0.222 e. The van der Waals surface area contributed by atoms with E-state index in [2.05, 4.69) is 16.9 Å². The molecule has 0 saturated carbocycles. The molecule has 3 rings (SSSR count). The molecule has 0 amide bonds. The number of ketones is 1. The van der Waals surface area contributed by atoms with E-state index in [0.717, 1.165) is 56.7 Å². The molecule has 1 aromatic heterocycles. The molecule has 0 bridgehead atoms. The predicted molar refractivity (Wildman–Crippen MR) is 103 cm³/mol. The van der Waals surface area contributed by atoms with E-state index in [0.29, 0.717) is 41.7 Å². The van der Waals surface area contributed by atoms with Crippen LogP contribution in [0.4, 0.5) is 0 Å². The molecule has 144 valence electrons.